The lowest BCUT2D eigenvalue weighted by Crippen LogP contribution is -2.55. The van der Waals surface area contributed by atoms with E-state index in [2.05, 4.69) is 42.4 Å². The van der Waals surface area contributed by atoms with Gasteiger partial charge in [-0.05, 0) is 226 Å². The fourth-order valence-corrected chi connectivity index (χ4v) is 16.2. The van der Waals surface area contributed by atoms with Gasteiger partial charge in [0.05, 0.1) is 0 Å². The predicted octanol–water partition coefficient (Wildman–Crippen LogP) is 10.5. The van der Waals surface area contributed by atoms with E-state index in [4.69, 9.17) is 4.74 Å². The van der Waals surface area contributed by atoms with Crippen molar-refractivity contribution in [1.29, 1.82) is 0 Å². The molecule has 12 aliphatic rings. The molecule has 0 radical (unpaired) electrons. The average Bonchev–Trinajstić information content (AvgIpc) is 2.99. The smallest absolute Gasteiger partial charge is 0.140 e. The first-order valence-electron chi connectivity index (χ1n) is 19.4. The SMILES string of the molecule is C(#Cc1ccc(C23CC4CC(CC(C4)C2)C3)c(C23CC4CC(CC(C4)C2)C3)c1C12CC3CC(CC(C3)C1)C2)Oc1ccccc1. The summed E-state index contributed by atoms with van der Waals surface area (Å²) in [7, 11) is 0. The lowest BCUT2D eigenvalue weighted by Gasteiger charge is -2.63. The molecule has 0 atom stereocenters. The standard InChI is InChI=1S/C44H52O/c1-2-4-38(5-3-1)45-9-8-37-6-7-39(42-19-28-10-29(20-42)12-30(11-28)21-42)41(44-25-34-16-35(26-44)18-36(17-34)27-44)40(37)43-22-31-13-32(23-43)15-33(14-31)24-43/h1-7,28-36H,10-27H2. The number of benzene rings is 2. The molecule has 0 aromatic heterocycles. The highest BCUT2D eigenvalue weighted by Crippen LogP contribution is 2.69. The zero-order valence-corrected chi connectivity index (χ0v) is 27.4. The van der Waals surface area contributed by atoms with Crippen molar-refractivity contribution in [1.82, 2.24) is 0 Å². The molecular formula is C44H52O. The fraction of sp³-hybridized carbons (Fsp3) is 0.682. The lowest BCUT2D eigenvalue weighted by molar-refractivity contribution is -0.0244. The molecule has 0 aliphatic heterocycles. The second-order valence-electron chi connectivity index (χ2n) is 19.1. The second kappa shape index (κ2) is 9.45. The third kappa shape index (κ3) is 4.05. The number of para-hydroxylation sites is 1. The Balaban J connectivity index is 1.15. The summed E-state index contributed by atoms with van der Waals surface area (Å²) in [4.78, 5) is 0. The van der Waals surface area contributed by atoms with Crippen LogP contribution in [0.15, 0.2) is 42.5 Å². The van der Waals surface area contributed by atoms with E-state index in [-0.39, 0.29) is 0 Å². The van der Waals surface area contributed by atoms with Gasteiger partial charge in [0, 0.05) is 5.56 Å². The van der Waals surface area contributed by atoms with Crippen molar-refractivity contribution >= 4 is 0 Å². The normalized spacial score (nSPS) is 47.6. The molecule has 45 heavy (non-hydrogen) atoms. The van der Waals surface area contributed by atoms with E-state index in [0.717, 1.165) is 59.0 Å². The molecule has 0 amide bonds. The highest BCUT2D eigenvalue weighted by atomic mass is 16.5. The number of hydrogen-bond donors (Lipinski definition) is 0. The minimum atomic E-state index is 0.350. The van der Waals surface area contributed by atoms with Crippen molar-refractivity contribution in [3.8, 4) is 17.8 Å². The lowest BCUT2D eigenvalue weighted by atomic mass is 9.41. The number of ether oxygens (including phenoxy) is 1. The quantitative estimate of drug-likeness (QED) is 0.319. The maximum Gasteiger partial charge on any atom is 0.140 e. The van der Waals surface area contributed by atoms with Gasteiger partial charge >= 0.3 is 0 Å². The molecule has 12 saturated carbocycles. The van der Waals surface area contributed by atoms with Crippen molar-refractivity contribution in [2.24, 2.45) is 53.3 Å². The molecule has 0 saturated heterocycles. The first-order chi connectivity index (χ1) is 22.0. The Morgan fingerprint density at radius 1 is 0.444 bits per heavy atom. The highest BCUT2D eigenvalue weighted by Gasteiger charge is 2.60. The van der Waals surface area contributed by atoms with Crippen molar-refractivity contribution in [3.63, 3.8) is 0 Å². The molecular weight excluding hydrogens is 544 g/mol. The summed E-state index contributed by atoms with van der Waals surface area (Å²) in [5.41, 5.74) is 8.23. The van der Waals surface area contributed by atoms with Gasteiger partial charge in [-0.2, -0.15) is 0 Å². The maximum atomic E-state index is 6.14. The Hall–Kier alpha value is -2.20. The van der Waals surface area contributed by atoms with Gasteiger partial charge in [-0.25, -0.2) is 0 Å². The van der Waals surface area contributed by atoms with Crippen LogP contribution in [0.5, 0.6) is 5.75 Å². The summed E-state index contributed by atoms with van der Waals surface area (Å²) in [5, 5.41) is 0. The largest absolute Gasteiger partial charge is 0.407 e. The van der Waals surface area contributed by atoms with Crippen LogP contribution in [0.1, 0.15) is 138 Å². The van der Waals surface area contributed by atoms with E-state index in [1.807, 2.05) is 28.8 Å². The van der Waals surface area contributed by atoms with Crippen LogP contribution in [-0.4, -0.2) is 0 Å². The predicted molar refractivity (Wildman–Crippen MR) is 180 cm³/mol. The van der Waals surface area contributed by atoms with E-state index >= 15 is 0 Å². The molecule has 0 heterocycles. The number of rotatable bonds is 4. The van der Waals surface area contributed by atoms with E-state index < -0.39 is 0 Å². The molecule has 2 aromatic carbocycles. The Bertz CT molecular complexity index is 1480. The minimum Gasteiger partial charge on any atom is -0.407 e. The van der Waals surface area contributed by atoms with Gasteiger partial charge in [0.25, 0.3) is 0 Å². The molecule has 0 spiro atoms. The topological polar surface area (TPSA) is 9.23 Å². The summed E-state index contributed by atoms with van der Waals surface area (Å²) in [6, 6.07) is 15.6. The summed E-state index contributed by atoms with van der Waals surface area (Å²) >= 11 is 0. The first-order valence-corrected chi connectivity index (χ1v) is 19.4. The van der Waals surface area contributed by atoms with E-state index in [9.17, 15) is 0 Å². The fourth-order valence-electron chi connectivity index (χ4n) is 16.2. The van der Waals surface area contributed by atoms with Crippen LogP contribution < -0.4 is 4.74 Å². The van der Waals surface area contributed by atoms with E-state index in [1.54, 1.807) is 0 Å². The molecule has 1 heteroatoms. The van der Waals surface area contributed by atoms with E-state index in [0.29, 0.717) is 16.2 Å². The zero-order valence-electron chi connectivity index (χ0n) is 27.4. The van der Waals surface area contributed by atoms with Crippen LogP contribution in [0.25, 0.3) is 0 Å². The highest BCUT2D eigenvalue weighted by molar-refractivity contribution is 5.59. The van der Waals surface area contributed by atoms with Gasteiger partial charge < -0.3 is 4.74 Å². The van der Waals surface area contributed by atoms with Crippen LogP contribution in [0.4, 0.5) is 0 Å². The van der Waals surface area contributed by atoms with Crippen LogP contribution in [-0.2, 0) is 16.2 Å². The molecule has 14 rings (SSSR count). The molecule has 0 unspecified atom stereocenters. The van der Waals surface area contributed by atoms with Gasteiger partial charge in [-0.3, -0.25) is 0 Å². The summed E-state index contributed by atoms with van der Waals surface area (Å²) in [6.07, 6.45) is 30.3. The van der Waals surface area contributed by atoms with Gasteiger partial charge in [0.1, 0.15) is 11.9 Å². The van der Waals surface area contributed by atoms with Gasteiger partial charge in [0.15, 0.2) is 0 Å². The Kier molecular flexibility index (Phi) is 5.63. The van der Waals surface area contributed by atoms with Crippen molar-refractivity contribution in [2.45, 2.75) is 132 Å². The van der Waals surface area contributed by atoms with Gasteiger partial charge in [-0.15, -0.1) is 0 Å². The molecule has 12 aliphatic carbocycles. The third-order valence-electron chi connectivity index (χ3n) is 16.0. The Morgan fingerprint density at radius 3 is 1.29 bits per heavy atom. The summed E-state index contributed by atoms with van der Waals surface area (Å²) in [6.45, 7) is 0. The molecule has 2 aromatic rings. The third-order valence-corrected chi connectivity index (χ3v) is 16.0. The van der Waals surface area contributed by atoms with Gasteiger partial charge in [-0.1, -0.05) is 24.3 Å². The summed E-state index contributed by atoms with van der Waals surface area (Å²) in [5.74, 6) is 13.4. The Morgan fingerprint density at radius 2 is 0.844 bits per heavy atom. The minimum absolute atomic E-state index is 0.350. The summed E-state index contributed by atoms with van der Waals surface area (Å²) < 4.78 is 6.14. The van der Waals surface area contributed by atoms with Crippen molar-refractivity contribution < 1.29 is 4.74 Å². The Labute approximate surface area is 271 Å². The monoisotopic (exact) mass is 596 g/mol. The second-order valence-corrected chi connectivity index (χ2v) is 19.1. The van der Waals surface area contributed by atoms with Crippen LogP contribution in [0.2, 0.25) is 0 Å². The van der Waals surface area contributed by atoms with Crippen LogP contribution in [0.3, 0.4) is 0 Å². The maximum absolute atomic E-state index is 6.14. The zero-order chi connectivity index (χ0) is 29.4. The molecule has 1 nitrogen and oxygen atoms in total. The van der Waals surface area contributed by atoms with Crippen LogP contribution >= 0.6 is 0 Å². The van der Waals surface area contributed by atoms with Crippen LogP contribution in [0, 0.1) is 65.3 Å². The number of hydrogen-bond acceptors (Lipinski definition) is 1. The van der Waals surface area contributed by atoms with Gasteiger partial charge in [0.2, 0.25) is 0 Å². The van der Waals surface area contributed by atoms with Crippen molar-refractivity contribution in [2.75, 3.05) is 0 Å². The molecule has 12 bridgehead atoms. The average molecular weight is 597 g/mol. The molecule has 12 fully saturated rings. The molecule has 234 valence electrons. The van der Waals surface area contributed by atoms with E-state index in [1.165, 1.54) is 121 Å². The first kappa shape index (κ1) is 26.8. The van der Waals surface area contributed by atoms with Crippen molar-refractivity contribution in [3.05, 3.63) is 64.7 Å². The molecule has 0 N–H and O–H groups in total.